The van der Waals surface area contributed by atoms with Crippen molar-refractivity contribution in [3.63, 3.8) is 0 Å². The van der Waals surface area contributed by atoms with E-state index < -0.39 is 0 Å². The number of hydrogen-bond acceptors (Lipinski definition) is 2. The molecule has 0 unspecified atom stereocenters. The van der Waals surface area contributed by atoms with Gasteiger partial charge < -0.3 is 4.98 Å². The van der Waals surface area contributed by atoms with E-state index >= 15 is 0 Å². The topological polar surface area (TPSA) is 46.5 Å². The first-order valence-corrected chi connectivity index (χ1v) is 6.84. The molecule has 0 amide bonds. The summed E-state index contributed by atoms with van der Waals surface area (Å²) < 4.78 is 1.91. The van der Waals surface area contributed by atoms with Gasteiger partial charge in [0.2, 0.25) is 0 Å². The molecule has 2 aromatic carbocycles. The molecule has 0 aliphatic heterocycles. The van der Waals surface area contributed by atoms with Gasteiger partial charge in [-0.3, -0.25) is 4.57 Å². The highest BCUT2D eigenvalue weighted by atomic mass is 15.2. The minimum atomic E-state index is 1.06. The van der Waals surface area contributed by atoms with Crippen LogP contribution in [0.3, 0.4) is 0 Å². The zero-order valence-corrected chi connectivity index (χ0v) is 11.6. The van der Waals surface area contributed by atoms with Crippen LogP contribution < -0.4 is 0 Å². The number of nitrogens with one attached hydrogen (secondary N) is 1. The molecular weight excluding hydrogens is 260 g/mol. The van der Waals surface area contributed by atoms with Crippen molar-refractivity contribution in [2.75, 3.05) is 0 Å². The van der Waals surface area contributed by atoms with Crippen molar-refractivity contribution in [3.8, 4) is 16.8 Å². The average molecular weight is 274 g/mol. The lowest BCUT2D eigenvalue weighted by atomic mass is 10.0. The lowest BCUT2D eigenvalue weighted by Crippen LogP contribution is -1.90. The molecule has 4 heteroatoms. The van der Waals surface area contributed by atoms with E-state index in [0.717, 1.165) is 11.2 Å². The predicted octanol–water partition coefficient (Wildman–Crippen LogP) is 3.72. The molecular formula is C17H14N4. The number of aryl methyl sites for hydroxylation is 1. The summed E-state index contributed by atoms with van der Waals surface area (Å²) in [5.74, 6) is 0. The fraction of sp³-hybridized carbons (Fsp3) is 0.0588. The van der Waals surface area contributed by atoms with Crippen LogP contribution in [-0.2, 0) is 0 Å². The van der Waals surface area contributed by atoms with Gasteiger partial charge in [-0.25, -0.2) is 0 Å². The summed E-state index contributed by atoms with van der Waals surface area (Å²) in [6.45, 7) is 2.11. The lowest BCUT2D eigenvalue weighted by molar-refractivity contribution is 1.06. The third kappa shape index (κ3) is 2.01. The molecule has 0 bridgehead atoms. The van der Waals surface area contributed by atoms with Crippen molar-refractivity contribution < 1.29 is 0 Å². The van der Waals surface area contributed by atoms with E-state index in [-0.39, 0.29) is 0 Å². The van der Waals surface area contributed by atoms with E-state index in [2.05, 4.69) is 64.7 Å². The number of aromatic nitrogens is 4. The number of rotatable bonds is 2. The van der Waals surface area contributed by atoms with Gasteiger partial charge in [-0.05, 0) is 36.8 Å². The Morgan fingerprint density at radius 1 is 1.00 bits per heavy atom. The normalized spacial score (nSPS) is 11.1. The summed E-state index contributed by atoms with van der Waals surface area (Å²) in [5.41, 5.74) is 5.87. The minimum Gasteiger partial charge on any atom is -0.361 e. The molecule has 0 spiro atoms. The van der Waals surface area contributed by atoms with Crippen LogP contribution in [0.4, 0.5) is 0 Å². The van der Waals surface area contributed by atoms with Crippen molar-refractivity contribution in [2.24, 2.45) is 0 Å². The van der Waals surface area contributed by atoms with E-state index in [9.17, 15) is 0 Å². The predicted molar refractivity (Wildman–Crippen MR) is 83.4 cm³/mol. The first-order valence-electron chi connectivity index (χ1n) is 6.84. The Morgan fingerprint density at radius 3 is 2.71 bits per heavy atom. The van der Waals surface area contributed by atoms with Gasteiger partial charge in [0.05, 0.1) is 0 Å². The van der Waals surface area contributed by atoms with Crippen molar-refractivity contribution in [2.45, 2.75) is 6.92 Å². The fourth-order valence-electron chi connectivity index (χ4n) is 2.64. The molecule has 4 rings (SSSR count). The largest absolute Gasteiger partial charge is 0.361 e. The highest BCUT2D eigenvalue weighted by molar-refractivity contribution is 5.96. The zero-order chi connectivity index (χ0) is 14.2. The van der Waals surface area contributed by atoms with Gasteiger partial charge in [0.15, 0.2) is 0 Å². The van der Waals surface area contributed by atoms with E-state index in [0.29, 0.717) is 0 Å². The Kier molecular flexibility index (Phi) is 2.60. The molecule has 0 aliphatic carbocycles. The summed E-state index contributed by atoms with van der Waals surface area (Å²) in [7, 11) is 0. The number of aromatic amines is 1. The molecule has 0 saturated carbocycles. The number of benzene rings is 2. The third-order valence-corrected chi connectivity index (χ3v) is 3.71. The number of hydrogen-bond donors (Lipinski definition) is 1. The molecule has 102 valence electrons. The maximum absolute atomic E-state index is 3.86. The maximum Gasteiger partial charge on any atom is 0.123 e. The SMILES string of the molecule is Cc1ccc2[nH]cc(-c3cccc(-n4cnnc4)c3)c2c1. The van der Waals surface area contributed by atoms with E-state index in [1.165, 1.54) is 22.1 Å². The first-order chi connectivity index (χ1) is 10.3. The Morgan fingerprint density at radius 2 is 1.86 bits per heavy atom. The van der Waals surface area contributed by atoms with E-state index in [1.54, 1.807) is 12.7 Å². The van der Waals surface area contributed by atoms with Crippen LogP contribution >= 0.6 is 0 Å². The van der Waals surface area contributed by atoms with Crippen LogP contribution in [0, 0.1) is 6.92 Å². The molecule has 4 aromatic rings. The highest BCUT2D eigenvalue weighted by Gasteiger charge is 2.07. The van der Waals surface area contributed by atoms with Gasteiger partial charge in [0.25, 0.3) is 0 Å². The van der Waals surface area contributed by atoms with Crippen LogP contribution in [-0.4, -0.2) is 19.7 Å². The van der Waals surface area contributed by atoms with Crippen molar-refractivity contribution >= 4 is 10.9 Å². The molecule has 0 aliphatic rings. The summed E-state index contributed by atoms with van der Waals surface area (Å²) in [6.07, 6.45) is 5.48. The molecule has 4 nitrogen and oxygen atoms in total. The van der Waals surface area contributed by atoms with Crippen molar-refractivity contribution in [3.05, 3.63) is 66.9 Å². The minimum absolute atomic E-state index is 1.06. The summed E-state index contributed by atoms with van der Waals surface area (Å²) >= 11 is 0. The van der Waals surface area contributed by atoms with Gasteiger partial charge in [0.1, 0.15) is 12.7 Å². The lowest BCUT2D eigenvalue weighted by Gasteiger charge is -2.05. The second kappa shape index (κ2) is 4.59. The molecule has 21 heavy (non-hydrogen) atoms. The smallest absolute Gasteiger partial charge is 0.123 e. The van der Waals surface area contributed by atoms with Gasteiger partial charge in [-0.2, -0.15) is 0 Å². The van der Waals surface area contributed by atoms with E-state index in [4.69, 9.17) is 0 Å². The van der Waals surface area contributed by atoms with Crippen LogP contribution in [0.5, 0.6) is 0 Å². The van der Waals surface area contributed by atoms with Gasteiger partial charge in [-0.1, -0.05) is 23.8 Å². The van der Waals surface area contributed by atoms with Gasteiger partial charge in [-0.15, -0.1) is 10.2 Å². The Balaban J connectivity index is 1.89. The molecule has 2 aromatic heterocycles. The van der Waals surface area contributed by atoms with Crippen LogP contribution in [0.1, 0.15) is 5.56 Å². The molecule has 0 radical (unpaired) electrons. The Labute approximate surface area is 122 Å². The molecule has 2 heterocycles. The summed E-state index contributed by atoms with van der Waals surface area (Å²) in [5, 5.41) is 8.96. The molecule has 1 N–H and O–H groups in total. The third-order valence-electron chi connectivity index (χ3n) is 3.71. The van der Waals surface area contributed by atoms with Crippen molar-refractivity contribution in [1.82, 2.24) is 19.7 Å². The second-order valence-electron chi connectivity index (χ2n) is 5.17. The monoisotopic (exact) mass is 274 g/mol. The molecule has 0 fully saturated rings. The quantitative estimate of drug-likeness (QED) is 0.605. The van der Waals surface area contributed by atoms with Crippen LogP contribution in [0.15, 0.2) is 61.3 Å². The standard InChI is InChI=1S/C17H14N4/c1-12-5-6-17-15(7-12)16(9-18-17)13-3-2-4-14(8-13)21-10-19-20-11-21/h2-11,18H,1H3. The highest BCUT2D eigenvalue weighted by Crippen LogP contribution is 2.30. The van der Waals surface area contributed by atoms with Crippen molar-refractivity contribution in [1.29, 1.82) is 0 Å². The number of nitrogens with zero attached hydrogens (tertiary/aromatic N) is 3. The molecule has 0 saturated heterocycles. The Bertz CT molecular complexity index is 904. The average Bonchev–Trinajstić information content (AvgIpc) is 3.16. The Hall–Kier alpha value is -2.88. The summed E-state index contributed by atoms with van der Waals surface area (Å²) in [4.78, 5) is 3.34. The number of fused-ring (bicyclic) bond motifs is 1. The van der Waals surface area contributed by atoms with Gasteiger partial charge >= 0.3 is 0 Å². The van der Waals surface area contributed by atoms with Crippen LogP contribution in [0.25, 0.3) is 27.7 Å². The maximum atomic E-state index is 3.86. The van der Waals surface area contributed by atoms with E-state index in [1.807, 2.05) is 10.6 Å². The number of H-pyrrole nitrogens is 1. The van der Waals surface area contributed by atoms with Gasteiger partial charge in [0, 0.05) is 28.4 Å². The van der Waals surface area contributed by atoms with Crippen LogP contribution in [0.2, 0.25) is 0 Å². The first kappa shape index (κ1) is 11.9. The summed E-state index contributed by atoms with van der Waals surface area (Å²) in [6, 6.07) is 14.8. The second-order valence-corrected chi connectivity index (χ2v) is 5.17. The zero-order valence-electron chi connectivity index (χ0n) is 11.6. The fourth-order valence-corrected chi connectivity index (χ4v) is 2.64. The molecule has 0 atom stereocenters.